The summed E-state index contributed by atoms with van der Waals surface area (Å²) < 4.78 is 4.68. The molecule has 0 aliphatic carbocycles. The molecule has 1 amide bonds. The van der Waals surface area contributed by atoms with Crippen LogP contribution >= 0.6 is 0 Å². The Labute approximate surface area is 105 Å². The number of methoxy groups -OCH3 is 1. The summed E-state index contributed by atoms with van der Waals surface area (Å²) in [6, 6.07) is 6.62. The fraction of sp³-hybridized carbons (Fsp3) is 0.308. The van der Waals surface area contributed by atoms with E-state index in [4.69, 9.17) is 5.26 Å². The van der Waals surface area contributed by atoms with Crippen LogP contribution in [0.2, 0.25) is 0 Å². The van der Waals surface area contributed by atoms with Crippen molar-refractivity contribution >= 4 is 17.6 Å². The standard InChI is InChI=1S/C13H12N2O3/c1-18-13(17)10-7-9(8-14)4-5-11(10)15-6-2-3-12(15)16/h4-5,7H,2-3,6H2,1H3. The Kier molecular flexibility index (Phi) is 3.28. The van der Waals surface area contributed by atoms with Crippen LogP contribution in [0.15, 0.2) is 18.2 Å². The lowest BCUT2D eigenvalue weighted by atomic mass is 10.1. The van der Waals surface area contributed by atoms with Crippen molar-refractivity contribution in [3.63, 3.8) is 0 Å². The zero-order chi connectivity index (χ0) is 13.1. The van der Waals surface area contributed by atoms with E-state index in [-0.39, 0.29) is 11.5 Å². The Morgan fingerprint density at radius 2 is 2.28 bits per heavy atom. The van der Waals surface area contributed by atoms with Gasteiger partial charge in [-0.2, -0.15) is 5.26 Å². The van der Waals surface area contributed by atoms with Crippen LogP contribution in [0.1, 0.15) is 28.8 Å². The minimum absolute atomic E-state index is 0.00939. The Hall–Kier alpha value is -2.35. The molecule has 0 unspecified atom stereocenters. The summed E-state index contributed by atoms with van der Waals surface area (Å²) in [5, 5.41) is 8.84. The molecule has 1 aliphatic heterocycles. The summed E-state index contributed by atoms with van der Waals surface area (Å²) in [6.45, 7) is 0.592. The first-order valence-corrected chi connectivity index (χ1v) is 5.60. The highest BCUT2D eigenvalue weighted by Gasteiger charge is 2.26. The SMILES string of the molecule is COC(=O)c1cc(C#N)ccc1N1CCCC1=O. The molecule has 0 saturated carbocycles. The van der Waals surface area contributed by atoms with Crippen molar-refractivity contribution in [3.8, 4) is 6.07 Å². The third-order valence-electron chi connectivity index (χ3n) is 2.90. The summed E-state index contributed by atoms with van der Waals surface area (Å²) in [6.07, 6.45) is 1.26. The molecule has 0 atom stereocenters. The van der Waals surface area contributed by atoms with E-state index in [1.807, 2.05) is 6.07 Å². The van der Waals surface area contributed by atoms with Gasteiger partial charge in [0.2, 0.25) is 5.91 Å². The number of anilines is 1. The van der Waals surface area contributed by atoms with Gasteiger partial charge in [-0.15, -0.1) is 0 Å². The molecule has 92 valence electrons. The number of benzene rings is 1. The largest absolute Gasteiger partial charge is 0.465 e. The van der Waals surface area contributed by atoms with Crippen molar-refractivity contribution in [2.24, 2.45) is 0 Å². The number of esters is 1. The maximum Gasteiger partial charge on any atom is 0.340 e. The van der Waals surface area contributed by atoms with Crippen LogP contribution in [0, 0.1) is 11.3 Å². The van der Waals surface area contributed by atoms with E-state index in [0.717, 1.165) is 6.42 Å². The van der Waals surface area contributed by atoms with Crippen LogP contribution in [0.3, 0.4) is 0 Å². The van der Waals surface area contributed by atoms with Gasteiger partial charge in [0, 0.05) is 13.0 Å². The van der Waals surface area contributed by atoms with Crippen LogP contribution in [-0.4, -0.2) is 25.5 Å². The van der Waals surface area contributed by atoms with E-state index < -0.39 is 5.97 Å². The number of ether oxygens (including phenoxy) is 1. The van der Waals surface area contributed by atoms with Gasteiger partial charge in [-0.25, -0.2) is 4.79 Å². The fourth-order valence-corrected chi connectivity index (χ4v) is 2.02. The summed E-state index contributed by atoms with van der Waals surface area (Å²) in [7, 11) is 1.27. The molecule has 0 bridgehead atoms. The lowest BCUT2D eigenvalue weighted by Gasteiger charge is -2.18. The van der Waals surface area contributed by atoms with Gasteiger partial charge in [0.05, 0.1) is 30.0 Å². The van der Waals surface area contributed by atoms with E-state index >= 15 is 0 Å². The quantitative estimate of drug-likeness (QED) is 0.739. The lowest BCUT2D eigenvalue weighted by molar-refractivity contribution is -0.117. The van der Waals surface area contributed by atoms with Crippen molar-refractivity contribution in [1.82, 2.24) is 0 Å². The maximum absolute atomic E-state index is 11.7. The van der Waals surface area contributed by atoms with Crippen LogP contribution in [0.25, 0.3) is 0 Å². The topological polar surface area (TPSA) is 70.4 Å². The molecule has 0 spiro atoms. The first-order chi connectivity index (χ1) is 8.67. The summed E-state index contributed by atoms with van der Waals surface area (Å²) in [5.41, 5.74) is 1.14. The number of nitrogens with zero attached hydrogens (tertiary/aromatic N) is 2. The van der Waals surface area contributed by atoms with Crippen molar-refractivity contribution in [3.05, 3.63) is 29.3 Å². The number of rotatable bonds is 2. The van der Waals surface area contributed by atoms with E-state index in [0.29, 0.717) is 24.2 Å². The van der Waals surface area contributed by atoms with Gasteiger partial charge in [0.25, 0.3) is 0 Å². The van der Waals surface area contributed by atoms with Crippen molar-refractivity contribution < 1.29 is 14.3 Å². The molecule has 18 heavy (non-hydrogen) atoms. The van der Waals surface area contributed by atoms with E-state index in [2.05, 4.69) is 4.74 Å². The molecular weight excluding hydrogens is 232 g/mol. The molecule has 1 saturated heterocycles. The number of carbonyl (C=O) groups excluding carboxylic acids is 2. The molecular formula is C13H12N2O3. The number of amides is 1. The fourth-order valence-electron chi connectivity index (χ4n) is 2.02. The molecule has 0 radical (unpaired) electrons. The first-order valence-electron chi connectivity index (χ1n) is 5.60. The van der Waals surface area contributed by atoms with Gasteiger partial charge in [-0.3, -0.25) is 4.79 Å². The predicted molar refractivity (Wildman–Crippen MR) is 64.1 cm³/mol. The van der Waals surface area contributed by atoms with Gasteiger partial charge >= 0.3 is 5.97 Å². The second-order valence-electron chi connectivity index (χ2n) is 3.98. The molecule has 1 aromatic carbocycles. The highest BCUT2D eigenvalue weighted by molar-refractivity contribution is 6.03. The third kappa shape index (κ3) is 2.05. The smallest absolute Gasteiger partial charge is 0.340 e. The van der Waals surface area contributed by atoms with Crippen LogP contribution in [-0.2, 0) is 9.53 Å². The normalized spacial score (nSPS) is 14.4. The zero-order valence-corrected chi connectivity index (χ0v) is 9.97. The van der Waals surface area contributed by atoms with Crippen molar-refractivity contribution in [2.45, 2.75) is 12.8 Å². The highest BCUT2D eigenvalue weighted by Crippen LogP contribution is 2.27. The Bertz CT molecular complexity index is 546. The van der Waals surface area contributed by atoms with Crippen LogP contribution < -0.4 is 4.90 Å². The molecule has 5 heteroatoms. The van der Waals surface area contributed by atoms with Crippen LogP contribution in [0.4, 0.5) is 5.69 Å². The molecule has 2 rings (SSSR count). The molecule has 1 fully saturated rings. The zero-order valence-electron chi connectivity index (χ0n) is 9.97. The minimum Gasteiger partial charge on any atom is -0.465 e. The van der Waals surface area contributed by atoms with Gasteiger partial charge in [-0.05, 0) is 24.6 Å². The average Bonchev–Trinajstić information content (AvgIpc) is 2.83. The second kappa shape index (κ2) is 4.88. The molecule has 1 aromatic rings. The van der Waals surface area contributed by atoms with Gasteiger partial charge in [-0.1, -0.05) is 0 Å². The van der Waals surface area contributed by atoms with E-state index in [9.17, 15) is 9.59 Å². The number of carbonyl (C=O) groups is 2. The van der Waals surface area contributed by atoms with Gasteiger partial charge in [0.1, 0.15) is 0 Å². The number of hydrogen-bond donors (Lipinski definition) is 0. The lowest BCUT2D eigenvalue weighted by Crippen LogP contribution is -2.26. The summed E-state index contributed by atoms with van der Waals surface area (Å²) in [4.78, 5) is 25.0. The minimum atomic E-state index is -0.540. The molecule has 5 nitrogen and oxygen atoms in total. The van der Waals surface area contributed by atoms with E-state index in [1.165, 1.54) is 13.2 Å². The molecule has 1 heterocycles. The molecule has 1 aliphatic rings. The second-order valence-corrected chi connectivity index (χ2v) is 3.98. The van der Waals surface area contributed by atoms with E-state index in [1.54, 1.807) is 17.0 Å². The monoisotopic (exact) mass is 244 g/mol. The summed E-state index contributed by atoms with van der Waals surface area (Å²) in [5.74, 6) is -0.549. The summed E-state index contributed by atoms with van der Waals surface area (Å²) >= 11 is 0. The van der Waals surface area contributed by atoms with Gasteiger partial charge < -0.3 is 9.64 Å². The average molecular weight is 244 g/mol. The number of nitriles is 1. The number of hydrogen-bond acceptors (Lipinski definition) is 4. The third-order valence-corrected chi connectivity index (χ3v) is 2.90. The molecule has 0 aromatic heterocycles. The van der Waals surface area contributed by atoms with Crippen molar-refractivity contribution in [2.75, 3.05) is 18.6 Å². The molecule has 0 N–H and O–H groups in total. The maximum atomic E-state index is 11.7. The Morgan fingerprint density at radius 3 is 2.83 bits per heavy atom. The van der Waals surface area contributed by atoms with Crippen LogP contribution in [0.5, 0.6) is 0 Å². The van der Waals surface area contributed by atoms with Gasteiger partial charge in [0.15, 0.2) is 0 Å². The highest BCUT2D eigenvalue weighted by atomic mass is 16.5. The van der Waals surface area contributed by atoms with Crippen molar-refractivity contribution in [1.29, 1.82) is 5.26 Å². The first kappa shape index (κ1) is 12.1. The Balaban J connectivity index is 2.49. The Morgan fingerprint density at radius 1 is 1.50 bits per heavy atom. The predicted octanol–water partition coefficient (Wildman–Crippen LogP) is 1.47.